The molecular formula is C17H30N2O. The molecule has 0 unspecified atom stereocenters. The second-order valence-corrected chi connectivity index (χ2v) is 7.17. The number of carbonyl (C=O) groups is 1. The molecule has 2 atom stereocenters. The van der Waals surface area contributed by atoms with E-state index in [1.54, 1.807) is 0 Å². The lowest BCUT2D eigenvalue weighted by atomic mass is 9.79. The SMILES string of the molecule is CCCCC1CCC(C(=O)N2CC[C@H]3CNC[C@H]32)CC1. The molecule has 3 nitrogen and oxygen atoms in total. The molecule has 2 saturated heterocycles. The number of hydrogen-bond acceptors (Lipinski definition) is 2. The predicted molar refractivity (Wildman–Crippen MR) is 81.5 cm³/mol. The van der Waals surface area contributed by atoms with Crippen LogP contribution in [0.5, 0.6) is 0 Å². The average molecular weight is 278 g/mol. The highest BCUT2D eigenvalue weighted by Gasteiger charge is 2.42. The van der Waals surface area contributed by atoms with Gasteiger partial charge in [-0.1, -0.05) is 26.2 Å². The zero-order chi connectivity index (χ0) is 13.9. The third kappa shape index (κ3) is 2.88. The van der Waals surface area contributed by atoms with E-state index in [0.29, 0.717) is 17.9 Å². The van der Waals surface area contributed by atoms with Crippen LogP contribution in [0.15, 0.2) is 0 Å². The van der Waals surface area contributed by atoms with E-state index in [-0.39, 0.29) is 0 Å². The van der Waals surface area contributed by atoms with E-state index in [4.69, 9.17) is 0 Å². The molecule has 1 aliphatic carbocycles. The van der Waals surface area contributed by atoms with Crippen molar-refractivity contribution in [1.82, 2.24) is 10.2 Å². The molecule has 3 aliphatic rings. The molecule has 0 radical (unpaired) electrons. The second-order valence-electron chi connectivity index (χ2n) is 7.17. The summed E-state index contributed by atoms with van der Waals surface area (Å²) in [5.74, 6) is 2.46. The Hall–Kier alpha value is -0.570. The summed E-state index contributed by atoms with van der Waals surface area (Å²) in [7, 11) is 0. The van der Waals surface area contributed by atoms with Gasteiger partial charge in [-0.05, 0) is 43.9 Å². The van der Waals surface area contributed by atoms with Gasteiger partial charge in [-0.2, -0.15) is 0 Å². The Bertz CT molecular complexity index is 336. The average Bonchev–Trinajstić information content (AvgIpc) is 3.08. The van der Waals surface area contributed by atoms with E-state index in [1.165, 1.54) is 38.5 Å². The number of hydrogen-bond donors (Lipinski definition) is 1. The first-order chi connectivity index (χ1) is 9.79. The summed E-state index contributed by atoms with van der Waals surface area (Å²) in [6, 6.07) is 0.514. The maximum Gasteiger partial charge on any atom is 0.225 e. The summed E-state index contributed by atoms with van der Waals surface area (Å²) in [6.45, 7) is 5.45. The van der Waals surface area contributed by atoms with E-state index >= 15 is 0 Å². The van der Waals surface area contributed by atoms with Crippen LogP contribution in [0.3, 0.4) is 0 Å². The molecule has 0 bridgehead atoms. The van der Waals surface area contributed by atoms with E-state index < -0.39 is 0 Å². The lowest BCUT2D eigenvalue weighted by molar-refractivity contribution is -0.137. The van der Waals surface area contributed by atoms with Gasteiger partial charge in [0.2, 0.25) is 5.91 Å². The molecule has 2 aliphatic heterocycles. The smallest absolute Gasteiger partial charge is 0.225 e. The fraction of sp³-hybridized carbons (Fsp3) is 0.941. The van der Waals surface area contributed by atoms with Crippen LogP contribution in [0, 0.1) is 17.8 Å². The first-order valence-corrected chi connectivity index (χ1v) is 8.80. The third-order valence-corrected chi connectivity index (χ3v) is 5.89. The van der Waals surface area contributed by atoms with Gasteiger partial charge in [0, 0.05) is 31.6 Å². The first-order valence-electron chi connectivity index (χ1n) is 8.80. The van der Waals surface area contributed by atoms with Crippen molar-refractivity contribution in [2.75, 3.05) is 19.6 Å². The van der Waals surface area contributed by atoms with Crippen LogP contribution < -0.4 is 5.32 Å². The van der Waals surface area contributed by atoms with Crippen molar-refractivity contribution in [3.05, 3.63) is 0 Å². The molecule has 0 aromatic rings. The zero-order valence-electron chi connectivity index (χ0n) is 12.9. The van der Waals surface area contributed by atoms with Gasteiger partial charge in [-0.15, -0.1) is 0 Å². The third-order valence-electron chi connectivity index (χ3n) is 5.89. The van der Waals surface area contributed by atoms with Gasteiger partial charge in [0.1, 0.15) is 0 Å². The molecule has 0 aromatic carbocycles. The van der Waals surface area contributed by atoms with E-state index in [2.05, 4.69) is 17.1 Å². The number of nitrogens with zero attached hydrogens (tertiary/aromatic N) is 1. The van der Waals surface area contributed by atoms with E-state index in [9.17, 15) is 4.79 Å². The fourth-order valence-corrected chi connectivity index (χ4v) is 4.55. The highest BCUT2D eigenvalue weighted by molar-refractivity contribution is 5.79. The van der Waals surface area contributed by atoms with Gasteiger partial charge in [0.15, 0.2) is 0 Å². The van der Waals surface area contributed by atoms with Gasteiger partial charge in [-0.3, -0.25) is 4.79 Å². The molecule has 1 amide bonds. The summed E-state index contributed by atoms with van der Waals surface area (Å²) in [4.78, 5) is 15.0. The standard InChI is InChI=1S/C17H30N2O/c1-2-3-4-13-5-7-14(8-6-13)17(20)19-10-9-15-11-18-12-16(15)19/h13-16,18H,2-12H2,1H3/t13?,14?,15-,16+/m0/s1. The topological polar surface area (TPSA) is 32.3 Å². The number of rotatable bonds is 4. The highest BCUT2D eigenvalue weighted by atomic mass is 16.2. The molecule has 3 heteroatoms. The molecule has 0 spiro atoms. The molecule has 0 aromatic heterocycles. The van der Waals surface area contributed by atoms with Gasteiger partial charge in [0.05, 0.1) is 0 Å². The molecule has 1 N–H and O–H groups in total. The first kappa shape index (κ1) is 14.4. The Labute approximate surface area is 123 Å². The predicted octanol–water partition coefficient (Wildman–Crippen LogP) is 2.80. The Balaban J connectivity index is 1.49. The normalized spacial score (nSPS) is 37.1. The minimum Gasteiger partial charge on any atom is -0.338 e. The van der Waals surface area contributed by atoms with Crippen molar-refractivity contribution in [2.45, 2.75) is 64.3 Å². The monoisotopic (exact) mass is 278 g/mol. The maximum atomic E-state index is 12.8. The van der Waals surface area contributed by atoms with Crippen molar-refractivity contribution >= 4 is 5.91 Å². The van der Waals surface area contributed by atoms with Crippen LogP contribution in [0.25, 0.3) is 0 Å². The maximum absolute atomic E-state index is 12.8. The minimum atomic E-state index is 0.340. The summed E-state index contributed by atoms with van der Waals surface area (Å²) >= 11 is 0. The fourth-order valence-electron chi connectivity index (χ4n) is 4.55. The number of carbonyl (C=O) groups excluding carboxylic acids is 1. The van der Waals surface area contributed by atoms with Crippen molar-refractivity contribution in [2.24, 2.45) is 17.8 Å². The van der Waals surface area contributed by atoms with Crippen molar-refractivity contribution in [1.29, 1.82) is 0 Å². The number of likely N-dealkylation sites (tertiary alicyclic amines) is 1. The summed E-state index contributed by atoms with van der Waals surface area (Å²) in [6.07, 6.45) is 10.1. The Morgan fingerprint density at radius 1 is 1.15 bits per heavy atom. The number of nitrogens with one attached hydrogen (secondary N) is 1. The molecule has 2 heterocycles. The summed E-state index contributed by atoms with van der Waals surface area (Å²) < 4.78 is 0. The largest absolute Gasteiger partial charge is 0.338 e. The number of unbranched alkanes of at least 4 members (excludes halogenated alkanes) is 1. The van der Waals surface area contributed by atoms with Crippen LogP contribution in [-0.2, 0) is 4.79 Å². The van der Waals surface area contributed by atoms with Gasteiger partial charge in [0.25, 0.3) is 0 Å². The molecule has 114 valence electrons. The van der Waals surface area contributed by atoms with Crippen LogP contribution in [0.2, 0.25) is 0 Å². The minimum absolute atomic E-state index is 0.340. The molecule has 3 rings (SSSR count). The van der Waals surface area contributed by atoms with E-state index in [0.717, 1.165) is 44.3 Å². The summed E-state index contributed by atoms with van der Waals surface area (Å²) in [5.41, 5.74) is 0. The van der Waals surface area contributed by atoms with Crippen molar-refractivity contribution < 1.29 is 4.79 Å². The zero-order valence-corrected chi connectivity index (χ0v) is 12.9. The van der Waals surface area contributed by atoms with Gasteiger partial charge in [-0.25, -0.2) is 0 Å². The lowest BCUT2D eigenvalue weighted by Gasteiger charge is -2.32. The quantitative estimate of drug-likeness (QED) is 0.857. The summed E-state index contributed by atoms with van der Waals surface area (Å²) in [5, 5.41) is 3.45. The lowest BCUT2D eigenvalue weighted by Crippen LogP contribution is -2.43. The molecular weight excluding hydrogens is 248 g/mol. The molecule has 3 fully saturated rings. The van der Waals surface area contributed by atoms with Crippen molar-refractivity contribution in [3.8, 4) is 0 Å². The Morgan fingerprint density at radius 3 is 2.70 bits per heavy atom. The van der Waals surface area contributed by atoms with Gasteiger partial charge >= 0.3 is 0 Å². The Kier molecular flexibility index (Phi) is 4.65. The molecule has 20 heavy (non-hydrogen) atoms. The van der Waals surface area contributed by atoms with Crippen LogP contribution >= 0.6 is 0 Å². The van der Waals surface area contributed by atoms with E-state index in [1.807, 2.05) is 0 Å². The second kappa shape index (κ2) is 6.46. The number of fused-ring (bicyclic) bond motifs is 1. The highest BCUT2D eigenvalue weighted by Crippen LogP contribution is 2.35. The Morgan fingerprint density at radius 2 is 1.95 bits per heavy atom. The van der Waals surface area contributed by atoms with Crippen LogP contribution in [-0.4, -0.2) is 36.5 Å². The van der Waals surface area contributed by atoms with Gasteiger partial charge < -0.3 is 10.2 Å². The van der Waals surface area contributed by atoms with Crippen molar-refractivity contribution in [3.63, 3.8) is 0 Å². The van der Waals surface area contributed by atoms with Crippen LogP contribution in [0.1, 0.15) is 58.3 Å². The van der Waals surface area contributed by atoms with Crippen LogP contribution in [0.4, 0.5) is 0 Å². The number of amides is 1. The molecule has 1 saturated carbocycles.